The first kappa shape index (κ1) is 20.7. The molecule has 0 unspecified atom stereocenters. The molecule has 0 aromatic rings. The summed E-state index contributed by atoms with van der Waals surface area (Å²) in [5.74, 6) is 0.931. The van der Waals surface area contributed by atoms with Crippen molar-refractivity contribution >= 4 is 29.9 Å². The fourth-order valence-electron chi connectivity index (χ4n) is 2.32. The number of guanidine groups is 1. The molecule has 0 atom stereocenters. The number of aliphatic imine (C=N–C) groups is 1. The number of ether oxygens (including phenoxy) is 1. The van der Waals surface area contributed by atoms with Gasteiger partial charge in [-0.05, 0) is 52.4 Å². The highest BCUT2D eigenvalue weighted by atomic mass is 127. The zero-order chi connectivity index (χ0) is 14.5. The second-order valence-corrected chi connectivity index (χ2v) is 5.10. The average molecular weight is 409 g/mol. The first-order valence-electron chi connectivity index (χ1n) is 8.14. The van der Waals surface area contributed by atoms with Gasteiger partial charge in [-0.3, -0.25) is 4.99 Å². The van der Waals surface area contributed by atoms with E-state index in [1.54, 1.807) is 5.57 Å². The van der Waals surface area contributed by atoms with E-state index in [-0.39, 0.29) is 24.0 Å². The Morgan fingerprint density at radius 3 is 2.81 bits per heavy atom. The molecule has 1 rings (SSSR count). The average Bonchev–Trinajstić information content (AvgIpc) is 2.48. The van der Waals surface area contributed by atoms with Crippen molar-refractivity contribution in [1.82, 2.24) is 10.6 Å². The maximum Gasteiger partial charge on any atom is 0.191 e. The Hall–Kier alpha value is -0.300. The zero-order valence-corrected chi connectivity index (χ0v) is 15.9. The van der Waals surface area contributed by atoms with Crippen molar-refractivity contribution in [3.8, 4) is 0 Å². The lowest BCUT2D eigenvalue weighted by Crippen LogP contribution is -2.38. The lowest BCUT2D eigenvalue weighted by molar-refractivity contribution is 0.146. The van der Waals surface area contributed by atoms with Gasteiger partial charge in [-0.15, -0.1) is 24.0 Å². The summed E-state index contributed by atoms with van der Waals surface area (Å²) in [7, 11) is 0. The van der Waals surface area contributed by atoms with Gasteiger partial charge in [-0.25, -0.2) is 0 Å². The summed E-state index contributed by atoms with van der Waals surface area (Å²) in [6.07, 6.45) is 9.80. The van der Waals surface area contributed by atoms with Crippen molar-refractivity contribution in [3.63, 3.8) is 0 Å². The molecule has 0 saturated heterocycles. The second kappa shape index (κ2) is 14.6. The molecule has 0 amide bonds. The molecule has 0 radical (unpaired) electrons. The number of nitrogens with zero attached hydrogens (tertiary/aromatic N) is 1. The lowest BCUT2D eigenvalue weighted by Gasteiger charge is -2.15. The molecule has 0 heterocycles. The molecule has 0 saturated carbocycles. The number of hydrogen-bond acceptors (Lipinski definition) is 2. The van der Waals surface area contributed by atoms with Crippen LogP contribution in [0.3, 0.4) is 0 Å². The fraction of sp³-hybridized carbons (Fsp3) is 0.812. The van der Waals surface area contributed by atoms with E-state index < -0.39 is 0 Å². The fourth-order valence-corrected chi connectivity index (χ4v) is 2.32. The molecule has 2 N–H and O–H groups in total. The highest BCUT2D eigenvalue weighted by Gasteiger charge is 2.03. The number of rotatable bonds is 9. The Morgan fingerprint density at radius 2 is 2.14 bits per heavy atom. The molecule has 0 aromatic carbocycles. The molecule has 0 spiro atoms. The highest BCUT2D eigenvalue weighted by molar-refractivity contribution is 14.0. The summed E-state index contributed by atoms with van der Waals surface area (Å²) in [5.41, 5.74) is 1.61. The Labute approximate surface area is 147 Å². The molecule has 4 nitrogen and oxygen atoms in total. The topological polar surface area (TPSA) is 45.7 Å². The predicted molar refractivity (Wildman–Crippen MR) is 102 cm³/mol. The van der Waals surface area contributed by atoms with Gasteiger partial charge in [0.15, 0.2) is 5.96 Å². The molecular weight excluding hydrogens is 377 g/mol. The first-order chi connectivity index (χ1) is 9.86. The van der Waals surface area contributed by atoms with Crippen LogP contribution in [0.2, 0.25) is 0 Å². The van der Waals surface area contributed by atoms with Crippen LogP contribution in [0, 0.1) is 0 Å². The minimum absolute atomic E-state index is 0. The molecule has 0 aromatic heterocycles. The van der Waals surface area contributed by atoms with Gasteiger partial charge in [0.2, 0.25) is 0 Å². The standard InChI is InChI=1S/C16H31N3O.HI/c1-3-17-16(18-12-8-14-20-4-2)19-13-11-15-9-6-5-7-10-15;/h9H,3-8,10-14H2,1-2H3,(H2,17,18,19);1H. The van der Waals surface area contributed by atoms with Gasteiger partial charge >= 0.3 is 0 Å². The summed E-state index contributed by atoms with van der Waals surface area (Å²) >= 11 is 0. The van der Waals surface area contributed by atoms with E-state index in [1.165, 1.54) is 25.7 Å². The Kier molecular flexibility index (Phi) is 14.4. The molecule has 1 aliphatic rings. The summed E-state index contributed by atoms with van der Waals surface area (Å²) in [4.78, 5) is 4.56. The molecule has 1 aliphatic carbocycles. The van der Waals surface area contributed by atoms with Gasteiger partial charge in [-0.1, -0.05) is 11.6 Å². The van der Waals surface area contributed by atoms with Crippen molar-refractivity contribution in [3.05, 3.63) is 11.6 Å². The summed E-state index contributed by atoms with van der Waals surface area (Å²) in [5, 5.41) is 6.71. The number of allylic oxidation sites excluding steroid dienone is 1. The van der Waals surface area contributed by atoms with Crippen LogP contribution < -0.4 is 10.6 Å². The minimum atomic E-state index is 0. The van der Waals surface area contributed by atoms with Crippen LogP contribution in [0.5, 0.6) is 0 Å². The van der Waals surface area contributed by atoms with E-state index in [2.05, 4.69) is 28.6 Å². The van der Waals surface area contributed by atoms with Crippen LogP contribution in [-0.2, 0) is 4.74 Å². The van der Waals surface area contributed by atoms with Crippen molar-refractivity contribution in [2.24, 2.45) is 4.99 Å². The van der Waals surface area contributed by atoms with E-state index in [0.29, 0.717) is 0 Å². The summed E-state index contributed by atoms with van der Waals surface area (Å²) in [6, 6.07) is 0. The van der Waals surface area contributed by atoms with E-state index in [1.807, 2.05) is 6.92 Å². The second-order valence-electron chi connectivity index (χ2n) is 5.10. The van der Waals surface area contributed by atoms with Crippen molar-refractivity contribution < 1.29 is 4.74 Å². The third-order valence-electron chi connectivity index (χ3n) is 3.39. The largest absolute Gasteiger partial charge is 0.382 e. The maximum atomic E-state index is 5.32. The summed E-state index contributed by atoms with van der Waals surface area (Å²) < 4.78 is 5.32. The van der Waals surface area contributed by atoms with Gasteiger partial charge in [0.1, 0.15) is 0 Å². The van der Waals surface area contributed by atoms with Gasteiger partial charge < -0.3 is 15.4 Å². The van der Waals surface area contributed by atoms with Crippen molar-refractivity contribution in [2.45, 2.75) is 52.4 Å². The molecule has 21 heavy (non-hydrogen) atoms. The van der Waals surface area contributed by atoms with Crippen LogP contribution in [0.25, 0.3) is 0 Å². The molecule has 124 valence electrons. The highest BCUT2D eigenvalue weighted by Crippen LogP contribution is 2.19. The van der Waals surface area contributed by atoms with E-state index >= 15 is 0 Å². The molecular formula is C16H32IN3O. The normalized spacial score (nSPS) is 15.1. The Bertz CT molecular complexity index is 306. The van der Waals surface area contributed by atoms with E-state index in [9.17, 15) is 0 Å². The Morgan fingerprint density at radius 1 is 1.29 bits per heavy atom. The molecule has 5 heteroatoms. The maximum absolute atomic E-state index is 5.32. The SMILES string of the molecule is CCNC(=NCCCOCC)NCCC1=CCCCC1.I. The minimum Gasteiger partial charge on any atom is -0.382 e. The monoisotopic (exact) mass is 409 g/mol. The third-order valence-corrected chi connectivity index (χ3v) is 3.39. The smallest absolute Gasteiger partial charge is 0.191 e. The lowest BCUT2D eigenvalue weighted by atomic mass is 9.97. The van der Waals surface area contributed by atoms with Gasteiger partial charge in [-0.2, -0.15) is 0 Å². The molecule has 0 fully saturated rings. The van der Waals surface area contributed by atoms with Crippen LogP contribution in [0.4, 0.5) is 0 Å². The quantitative estimate of drug-likeness (QED) is 0.202. The molecule has 0 bridgehead atoms. The number of nitrogens with one attached hydrogen (secondary N) is 2. The van der Waals surface area contributed by atoms with Gasteiger partial charge in [0.25, 0.3) is 0 Å². The molecule has 0 aliphatic heterocycles. The van der Waals surface area contributed by atoms with Crippen LogP contribution >= 0.6 is 24.0 Å². The van der Waals surface area contributed by atoms with Gasteiger partial charge in [0.05, 0.1) is 0 Å². The van der Waals surface area contributed by atoms with Gasteiger partial charge in [0, 0.05) is 32.8 Å². The van der Waals surface area contributed by atoms with E-state index in [0.717, 1.165) is 51.6 Å². The van der Waals surface area contributed by atoms with Crippen molar-refractivity contribution in [1.29, 1.82) is 0 Å². The first-order valence-corrected chi connectivity index (χ1v) is 8.14. The Balaban J connectivity index is 0.00000400. The summed E-state index contributed by atoms with van der Waals surface area (Å²) in [6.45, 7) is 8.40. The zero-order valence-electron chi connectivity index (χ0n) is 13.6. The van der Waals surface area contributed by atoms with E-state index in [4.69, 9.17) is 4.74 Å². The van der Waals surface area contributed by atoms with Crippen LogP contribution in [0.15, 0.2) is 16.6 Å². The van der Waals surface area contributed by atoms with Crippen LogP contribution in [0.1, 0.15) is 52.4 Å². The van der Waals surface area contributed by atoms with Crippen molar-refractivity contribution in [2.75, 3.05) is 32.8 Å². The third kappa shape index (κ3) is 11.0. The number of halogens is 1. The van der Waals surface area contributed by atoms with Crippen LogP contribution in [-0.4, -0.2) is 38.8 Å². The predicted octanol–water partition coefficient (Wildman–Crippen LogP) is 3.48. The number of hydrogen-bond donors (Lipinski definition) is 2.